The molecule has 0 amide bonds. The molecule has 0 fully saturated rings. The summed E-state index contributed by atoms with van der Waals surface area (Å²) in [5, 5.41) is 6.87. The average molecular weight is 212 g/mol. The molecule has 1 aromatic heterocycles. The van der Waals surface area contributed by atoms with Gasteiger partial charge in [-0.25, -0.2) is 4.98 Å². The van der Waals surface area contributed by atoms with Crippen LogP contribution in [0.3, 0.4) is 0 Å². The Balaban J connectivity index is 2.74. The van der Waals surface area contributed by atoms with Crippen molar-refractivity contribution in [1.82, 2.24) is 10.3 Å². The summed E-state index contributed by atoms with van der Waals surface area (Å²) in [7, 11) is 0. The highest BCUT2D eigenvalue weighted by molar-refractivity contribution is 7.09. The first-order valence-corrected chi connectivity index (χ1v) is 6.18. The van der Waals surface area contributed by atoms with E-state index < -0.39 is 0 Å². The molecule has 3 heteroatoms. The SMILES string of the molecule is CCCc1nc(C(C)(C)NCC)cs1. The number of aromatic nitrogens is 1. The van der Waals surface area contributed by atoms with Crippen molar-refractivity contribution in [3.05, 3.63) is 16.1 Å². The van der Waals surface area contributed by atoms with Crippen LogP contribution in [0.4, 0.5) is 0 Å². The summed E-state index contributed by atoms with van der Waals surface area (Å²) in [4.78, 5) is 4.65. The second-order valence-corrected chi connectivity index (χ2v) is 4.97. The van der Waals surface area contributed by atoms with E-state index in [1.165, 1.54) is 17.1 Å². The molecule has 0 aliphatic rings. The van der Waals surface area contributed by atoms with Gasteiger partial charge in [0.05, 0.1) is 16.2 Å². The van der Waals surface area contributed by atoms with Crippen molar-refractivity contribution >= 4 is 11.3 Å². The lowest BCUT2D eigenvalue weighted by Gasteiger charge is -2.23. The number of nitrogens with zero attached hydrogens (tertiary/aromatic N) is 1. The number of thiazole rings is 1. The zero-order chi connectivity index (χ0) is 10.6. The van der Waals surface area contributed by atoms with Crippen molar-refractivity contribution < 1.29 is 0 Å². The van der Waals surface area contributed by atoms with E-state index in [-0.39, 0.29) is 5.54 Å². The molecule has 0 saturated heterocycles. The summed E-state index contributed by atoms with van der Waals surface area (Å²) in [6, 6.07) is 0. The van der Waals surface area contributed by atoms with E-state index in [0.29, 0.717) is 0 Å². The van der Waals surface area contributed by atoms with Gasteiger partial charge in [-0.3, -0.25) is 0 Å². The minimum atomic E-state index is 0.0112. The van der Waals surface area contributed by atoms with Gasteiger partial charge in [0.2, 0.25) is 0 Å². The third-order valence-corrected chi connectivity index (χ3v) is 3.18. The van der Waals surface area contributed by atoms with Crippen LogP contribution in [-0.2, 0) is 12.0 Å². The smallest absolute Gasteiger partial charge is 0.0929 e. The Morgan fingerprint density at radius 3 is 2.71 bits per heavy atom. The summed E-state index contributed by atoms with van der Waals surface area (Å²) in [5.74, 6) is 0. The Morgan fingerprint density at radius 2 is 2.14 bits per heavy atom. The molecule has 0 atom stereocenters. The van der Waals surface area contributed by atoms with Gasteiger partial charge in [0.1, 0.15) is 0 Å². The number of hydrogen-bond donors (Lipinski definition) is 1. The van der Waals surface area contributed by atoms with Crippen molar-refractivity contribution in [2.24, 2.45) is 0 Å². The predicted octanol–water partition coefficient (Wildman–Crippen LogP) is 2.94. The Morgan fingerprint density at radius 1 is 1.43 bits per heavy atom. The first kappa shape index (κ1) is 11.7. The van der Waals surface area contributed by atoms with Gasteiger partial charge in [0.25, 0.3) is 0 Å². The van der Waals surface area contributed by atoms with Crippen molar-refractivity contribution in [2.75, 3.05) is 6.54 Å². The van der Waals surface area contributed by atoms with Gasteiger partial charge in [-0.2, -0.15) is 0 Å². The summed E-state index contributed by atoms with van der Waals surface area (Å²) in [6.07, 6.45) is 2.28. The molecule has 1 N–H and O–H groups in total. The van der Waals surface area contributed by atoms with Crippen LogP contribution in [0.25, 0.3) is 0 Å². The average Bonchev–Trinajstić information content (AvgIpc) is 2.54. The molecule has 0 saturated carbocycles. The summed E-state index contributed by atoms with van der Waals surface area (Å²) in [5.41, 5.74) is 1.19. The number of hydrogen-bond acceptors (Lipinski definition) is 3. The topological polar surface area (TPSA) is 24.9 Å². The molecular weight excluding hydrogens is 192 g/mol. The summed E-state index contributed by atoms with van der Waals surface area (Å²) < 4.78 is 0. The van der Waals surface area contributed by atoms with Gasteiger partial charge in [0.15, 0.2) is 0 Å². The van der Waals surface area contributed by atoms with E-state index in [1.54, 1.807) is 11.3 Å². The van der Waals surface area contributed by atoms with Crippen LogP contribution in [0, 0.1) is 0 Å². The number of rotatable bonds is 5. The highest BCUT2D eigenvalue weighted by Crippen LogP contribution is 2.22. The molecule has 0 radical (unpaired) electrons. The van der Waals surface area contributed by atoms with Crippen molar-refractivity contribution in [3.63, 3.8) is 0 Å². The lowest BCUT2D eigenvalue weighted by Crippen LogP contribution is -2.36. The van der Waals surface area contributed by atoms with Gasteiger partial charge in [0, 0.05) is 5.38 Å². The van der Waals surface area contributed by atoms with Crippen LogP contribution < -0.4 is 5.32 Å². The maximum Gasteiger partial charge on any atom is 0.0929 e. The Kier molecular flexibility index (Phi) is 4.08. The monoisotopic (exact) mass is 212 g/mol. The van der Waals surface area contributed by atoms with Gasteiger partial charge >= 0.3 is 0 Å². The minimum absolute atomic E-state index is 0.0112. The Labute approximate surface area is 90.8 Å². The van der Waals surface area contributed by atoms with Crippen LogP contribution in [-0.4, -0.2) is 11.5 Å². The largest absolute Gasteiger partial charge is 0.307 e. The van der Waals surface area contributed by atoms with Crippen molar-refractivity contribution in [3.8, 4) is 0 Å². The molecular formula is C11H20N2S. The third-order valence-electron chi connectivity index (χ3n) is 2.27. The van der Waals surface area contributed by atoms with Crippen LogP contribution in [0.5, 0.6) is 0 Å². The van der Waals surface area contributed by atoms with Crippen LogP contribution in [0.15, 0.2) is 5.38 Å². The normalized spacial score (nSPS) is 12.0. The Bertz CT molecular complexity index is 279. The standard InChI is InChI=1S/C11H20N2S/c1-5-7-10-13-9(8-14-10)11(3,4)12-6-2/h8,12H,5-7H2,1-4H3. The molecule has 80 valence electrons. The molecule has 2 nitrogen and oxygen atoms in total. The molecule has 14 heavy (non-hydrogen) atoms. The molecule has 0 spiro atoms. The van der Waals surface area contributed by atoms with Crippen molar-refractivity contribution in [1.29, 1.82) is 0 Å². The van der Waals surface area contributed by atoms with Crippen LogP contribution >= 0.6 is 11.3 Å². The number of nitrogens with one attached hydrogen (secondary N) is 1. The van der Waals surface area contributed by atoms with Gasteiger partial charge in [-0.15, -0.1) is 11.3 Å². The molecule has 0 aliphatic carbocycles. The second kappa shape index (κ2) is 4.89. The zero-order valence-corrected chi connectivity index (χ0v) is 10.4. The van der Waals surface area contributed by atoms with Crippen molar-refractivity contribution in [2.45, 2.75) is 46.1 Å². The maximum absolute atomic E-state index is 4.65. The molecule has 1 rings (SSSR count). The fourth-order valence-corrected chi connectivity index (χ4v) is 2.53. The maximum atomic E-state index is 4.65. The van der Waals surface area contributed by atoms with E-state index in [9.17, 15) is 0 Å². The lowest BCUT2D eigenvalue weighted by molar-refractivity contribution is 0.405. The highest BCUT2D eigenvalue weighted by atomic mass is 32.1. The van der Waals surface area contributed by atoms with Gasteiger partial charge in [-0.1, -0.05) is 13.8 Å². The first-order chi connectivity index (χ1) is 6.60. The molecule has 1 aromatic rings. The minimum Gasteiger partial charge on any atom is -0.307 e. The number of aryl methyl sites for hydroxylation is 1. The first-order valence-electron chi connectivity index (χ1n) is 5.30. The lowest BCUT2D eigenvalue weighted by atomic mass is 10.0. The van der Waals surface area contributed by atoms with E-state index >= 15 is 0 Å². The zero-order valence-electron chi connectivity index (χ0n) is 9.55. The van der Waals surface area contributed by atoms with E-state index in [2.05, 4.69) is 43.4 Å². The fraction of sp³-hybridized carbons (Fsp3) is 0.727. The predicted molar refractivity (Wildman–Crippen MR) is 62.8 cm³/mol. The van der Waals surface area contributed by atoms with Gasteiger partial charge < -0.3 is 5.32 Å². The summed E-state index contributed by atoms with van der Waals surface area (Å²) >= 11 is 1.78. The second-order valence-electron chi connectivity index (χ2n) is 4.03. The highest BCUT2D eigenvalue weighted by Gasteiger charge is 2.21. The Hall–Kier alpha value is -0.410. The van der Waals surface area contributed by atoms with E-state index in [1.807, 2.05) is 0 Å². The molecule has 1 heterocycles. The third kappa shape index (κ3) is 2.79. The van der Waals surface area contributed by atoms with E-state index in [4.69, 9.17) is 0 Å². The van der Waals surface area contributed by atoms with Crippen LogP contribution in [0.2, 0.25) is 0 Å². The fourth-order valence-electron chi connectivity index (χ4n) is 1.46. The summed E-state index contributed by atoms with van der Waals surface area (Å²) in [6.45, 7) is 9.66. The quantitative estimate of drug-likeness (QED) is 0.811. The van der Waals surface area contributed by atoms with E-state index in [0.717, 1.165) is 13.0 Å². The molecule has 0 unspecified atom stereocenters. The molecule has 0 aromatic carbocycles. The molecule has 0 aliphatic heterocycles. The van der Waals surface area contributed by atoms with Crippen LogP contribution in [0.1, 0.15) is 44.8 Å². The molecule has 0 bridgehead atoms. The van der Waals surface area contributed by atoms with Gasteiger partial charge in [-0.05, 0) is 33.2 Å².